The Morgan fingerprint density at radius 3 is 2.30 bits per heavy atom. The van der Waals surface area contributed by atoms with Crippen LogP contribution in [0.2, 0.25) is 0 Å². The fourth-order valence-corrected chi connectivity index (χ4v) is 1.86. The van der Waals surface area contributed by atoms with Crippen LogP contribution in [0.3, 0.4) is 0 Å². The van der Waals surface area contributed by atoms with Crippen LogP contribution in [0, 0.1) is 6.92 Å². The van der Waals surface area contributed by atoms with Crippen molar-refractivity contribution in [2.75, 3.05) is 5.73 Å². The molecule has 0 saturated carbocycles. The lowest BCUT2D eigenvalue weighted by Crippen LogP contribution is -2.17. The van der Waals surface area contributed by atoms with E-state index in [-0.39, 0.29) is 11.8 Å². The van der Waals surface area contributed by atoms with E-state index >= 15 is 0 Å². The number of benzene rings is 1. The maximum atomic E-state index is 12.1. The number of rotatable bonds is 3. The SMILES string of the molecule is Cc1cnn(C(C)c2ccc(OC(F)(F)F)cc2)c1N. The van der Waals surface area contributed by atoms with Gasteiger partial charge in [-0.3, -0.25) is 0 Å². The van der Waals surface area contributed by atoms with Crippen LogP contribution in [-0.4, -0.2) is 16.1 Å². The monoisotopic (exact) mass is 285 g/mol. The zero-order valence-electron chi connectivity index (χ0n) is 11.0. The second kappa shape index (κ2) is 5.07. The summed E-state index contributed by atoms with van der Waals surface area (Å²) in [7, 11) is 0. The number of aromatic nitrogens is 2. The van der Waals surface area contributed by atoms with Crippen molar-refractivity contribution in [3.63, 3.8) is 0 Å². The van der Waals surface area contributed by atoms with Gasteiger partial charge in [-0.2, -0.15) is 5.10 Å². The normalized spacial score (nSPS) is 13.2. The predicted molar refractivity (Wildman–Crippen MR) is 68.3 cm³/mol. The van der Waals surface area contributed by atoms with Crippen molar-refractivity contribution in [3.05, 3.63) is 41.6 Å². The summed E-state index contributed by atoms with van der Waals surface area (Å²) < 4.78 is 41.6. The summed E-state index contributed by atoms with van der Waals surface area (Å²) in [5.74, 6) is 0.284. The van der Waals surface area contributed by atoms with E-state index in [1.54, 1.807) is 23.0 Å². The molecule has 0 aliphatic heterocycles. The molecular weight excluding hydrogens is 271 g/mol. The molecule has 1 atom stereocenters. The van der Waals surface area contributed by atoms with Crippen molar-refractivity contribution < 1.29 is 17.9 Å². The molecule has 0 bridgehead atoms. The Hall–Kier alpha value is -2.18. The summed E-state index contributed by atoms with van der Waals surface area (Å²) in [6.07, 6.45) is -3.04. The first-order valence-electron chi connectivity index (χ1n) is 5.93. The van der Waals surface area contributed by atoms with Crippen LogP contribution in [-0.2, 0) is 0 Å². The highest BCUT2D eigenvalue weighted by atomic mass is 19.4. The van der Waals surface area contributed by atoms with E-state index < -0.39 is 6.36 Å². The van der Waals surface area contributed by atoms with Gasteiger partial charge in [0.25, 0.3) is 0 Å². The molecule has 1 aromatic carbocycles. The number of halogens is 3. The average Bonchev–Trinajstić information content (AvgIpc) is 2.68. The molecule has 7 heteroatoms. The molecule has 1 heterocycles. The number of anilines is 1. The van der Waals surface area contributed by atoms with Gasteiger partial charge >= 0.3 is 6.36 Å². The van der Waals surface area contributed by atoms with Gasteiger partial charge in [-0.15, -0.1) is 13.2 Å². The topological polar surface area (TPSA) is 53.1 Å². The molecule has 20 heavy (non-hydrogen) atoms. The van der Waals surface area contributed by atoms with Gasteiger partial charge in [-0.05, 0) is 31.5 Å². The van der Waals surface area contributed by atoms with E-state index in [1.165, 1.54) is 12.1 Å². The van der Waals surface area contributed by atoms with Gasteiger partial charge in [-0.1, -0.05) is 12.1 Å². The third-order valence-corrected chi connectivity index (χ3v) is 2.99. The van der Waals surface area contributed by atoms with Crippen LogP contribution in [0.15, 0.2) is 30.5 Å². The number of nitrogen functional groups attached to an aromatic ring is 1. The Morgan fingerprint density at radius 1 is 1.25 bits per heavy atom. The smallest absolute Gasteiger partial charge is 0.406 e. The molecule has 0 fully saturated rings. The van der Waals surface area contributed by atoms with Crippen LogP contribution in [0.4, 0.5) is 19.0 Å². The maximum Gasteiger partial charge on any atom is 0.573 e. The Morgan fingerprint density at radius 2 is 1.85 bits per heavy atom. The van der Waals surface area contributed by atoms with E-state index in [9.17, 15) is 13.2 Å². The number of nitrogens with zero attached hydrogens (tertiary/aromatic N) is 2. The van der Waals surface area contributed by atoms with Gasteiger partial charge in [0.2, 0.25) is 0 Å². The molecule has 108 valence electrons. The predicted octanol–water partition coefficient (Wildman–Crippen LogP) is 3.28. The van der Waals surface area contributed by atoms with E-state index in [2.05, 4.69) is 9.84 Å². The van der Waals surface area contributed by atoms with E-state index in [1.807, 2.05) is 13.8 Å². The third-order valence-electron chi connectivity index (χ3n) is 2.99. The molecule has 0 aliphatic carbocycles. The van der Waals surface area contributed by atoms with Crippen LogP contribution in [0.1, 0.15) is 24.1 Å². The summed E-state index contributed by atoms with van der Waals surface area (Å²) in [4.78, 5) is 0. The van der Waals surface area contributed by atoms with Crippen molar-refractivity contribution in [2.24, 2.45) is 0 Å². The molecule has 4 nitrogen and oxygen atoms in total. The first-order valence-corrected chi connectivity index (χ1v) is 5.93. The van der Waals surface area contributed by atoms with E-state index in [4.69, 9.17) is 5.73 Å². The number of hydrogen-bond acceptors (Lipinski definition) is 3. The number of ether oxygens (including phenoxy) is 1. The second-order valence-corrected chi connectivity index (χ2v) is 4.45. The zero-order chi connectivity index (χ0) is 14.9. The van der Waals surface area contributed by atoms with Gasteiger partial charge < -0.3 is 10.5 Å². The maximum absolute atomic E-state index is 12.1. The standard InChI is InChI=1S/C13H14F3N3O/c1-8-7-18-19(12(8)17)9(2)10-3-5-11(6-4-10)20-13(14,15)16/h3-7,9H,17H2,1-2H3. The molecule has 0 saturated heterocycles. The van der Waals surface area contributed by atoms with Crippen molar-refractivity contribution in [1.29, 1.82) is 0 Å². The lowest BCUT2D eigenvalue weighted by atomic mass is 10.1. The quantitative estimate of drug-likeness (QED) is 0.941. The summed E-state index contributed by atoms with van der Waals surface area (Å²) >= 11 is 0. The molecule has 1 unspecified atom stereocenters. The largest absolute Gasteiger partial charge is 0.573 e. The minimum Gasteiger partial charge on any atom is -0.406 e. The lowest BCUT2D eigenvalue weighted by molar-refractivity contribution is -0.274. The van der Waals surface area contributed by atoms with Crippen LogP contribution >= 0.6 is 0 Å². The third kappa shape index (κ3) is 3.04. The average molecular weight is 285 g/mol. The van der Waals surface area contributed by atoms with Crippen molar-refractivity contribution in [2.45, 2.75) is 26.3 Å². The molecule has 2 N–H and O–H groups in total. The Labute approximate surface area is 114 Å². The molecular formula is C13H14F3N3O. The highest BCUT2D eigenvalue weighted by Crippen LogP contribution is 2.26. The minimum absolute atomic E-state index is 0.177. The van der Waals surface area contributed by atoms with E-state index in [0.29, 0.717) is 5.82 Å². The molecule has 0 radical (unpaired) electrons. The number of nitrogens with two attached hydrogens (primary N) is 1. The van der Waals surface area contributed by atoms with Crippen molar-refractivity contribution >= 4 is 5.82 Å². The molecule has 0 aliphatic rings. The fourth-order valence-electron chi connectivity index (χ4n) is 1.86. The summed E-state index contributed by atoms with van der Waals surface area (Å²) in [6, 6.07) is 5.48. The summed E-state index contributed by atoms with van der Waals surface area (Å²) in [5, 5.41) is 4.15. The van der Waals surface area contributed by atoms with Gasteiger partial charge in [0.15, 0.2) is 0 Å². The Bertz CT molecular complexity index is 590. The Kier molecular flexibility index (Phi) is 3.61. The highest BCUT2D eigenvalue weighted by molar-refractivity contribution is 5.39. The zero-order valence-corrected chi connectivity index (χ0v) is 11.0. The minimum atomic E-state index is -4.68. The van der Waals surface area contributed by atoms with Crippen molar-refractivity contribution in [3.8, 4) is 5.75 Å². The van der Waals surface area contributed by atoms with Gasteiger partial charge in [-0.25, -0.2) is 4.68 Å². The second-order valence-electron chi connectivity index (χ2n) is 4.45. The number of hydrogen-bond donors (Lipinski definition) is 1. The first kappa shape index (κ1) is 14.2. The molecule has 2 rings (SSSR count). The highest BCUT2D eigenvalue weighted by Gasteiger charge is 2.31. The number of aryl methyl sites for hydroxylation is 1. The van der Waals surface area contributed by atoms with Crippen LogP contribution in [0.5, 0.6) is 5.75 Å². The first-order chi connectivity index (χ1) is 9.28. The fraction of sp³-hybridized carbons (Fsp3) is 0.308. The molecule has 0 amide bonds. The lowest BCUT2D eigenvalue weighted by Gasteiger charge is -2.15. The molecule has 2 aromatic rings. The van der Waals surface area contributed by atoms with Gasteiger partial charge in [0, 0.05) is 5.56 Å². The number of alkyl halides is 3. The van der Waals surface area contributed by atoms with Crippen LogP contribution < -0.4 is 10.5 Å². The van der Waals surface area contributed by atoms with Crippen molar-refractivity contribution in [1.82, 2.24) is 9.78 Å². The van der Waals surface area contributed by atoms with E-state index in [0.717, 1.165) is 11.1 Å². The van der Waals surface area contributed by atoms with Gasteiger partial charge in [0.1, 0.15) is 11.6 Å². The molecule has 0 spiro atoms. The summed E-state index contributed by atoms with van der Waals surface area (Å²) in [6.45, 7) is 3.70. The Balaban J connectivity index is 2.20. The van der Waals surface area contributed by atoms with Crippen LogP contribution in [0.25, 0.3) is 0 Å². The molecule has 1 aromatic heterocycles. The summed E-state index contributed by atoms with van der Waals surface area (Å²) in [5.41, 5.74) is 7.52. The van der Waals surface area contributed by atoms with Gasteiger partial charge in [0.05, 0.1) is 12.2 Å².